The smallest absolute Gasteiger partial charge is 0.416 e. The van der Waals surface area contributed by atoms with Crippen LogP contribution in [0.25, 0.3) is 17.1 Å². The number of nitrogens with one attached hydrogen (secondary N) is 1. The van der Waals surface area contributed by atoms with Gasteiger partial charge in [-0.3, -0.25) is 9.78 Å². The molecule has 2 N–H and O–H groups in total. The minimum atomic E-state index is -4.43. The Bertz CT molecular complexity index is 1270. The van der Waals surface area contributed by atoms with Crippen molar-refractivity contribution in [3.05, 3.63) is 70.0 Å². The number of aromatic nitrogens is 6. The molecule has 0 unspecified atom stereocenters. The Morgan fingerprint density at radius 1 is 1.21 bits per heavy atom. The third-order valence-corrected chi connectivity index (χ3v) is 4.14. The summed E-state index contributed by atoms with van der Waals surface area (Å²) in [5.41, 5.74) is -0.661. The van der Waals surface area contributed by atoms with Crippen LogP contribution in [0.1, 0.15) is 21.5 Å². The Hall–Kier alpha value is -3.96. The van der Waals surface area contributed by atoms with Crippen LogP contribution in [-0.2, 0) is 12.7 Å². The number of H-pyrrole nitrogens is 1. The molecule has 0 spiro atoms. The number of aromatic amines is 1. The van der Waals surface area contributed by atoms with E-state index in [-0.39, 0.29) is 29.2 Å². The van der Waals surface area contributed by atoms with Gasteiger partial charge in [0.1, 0.15) is 0 Å². The van der Waals surface area contributed by atoms with Crippen LogP contribution in [-0.4, -0.2) is 40.4 Å². The van der Waals surface area contributed by atoms with Crippen molar-refractivity contribution >= 4 is 17.1 Å². The minimum Gasteiger partial charge on any atom is -0.478 e. The van der Waals surface area contributed by atoms with E-state index < -0.39 is 23.3 Å². The fourth-order valence-electron chi connectivity index (χ4n) is 2.71. The zero-order valence-corrected chi connectivity index (χ0v) is 14.4. The van der Waals surface area contributed by atoms with E-state index in [0.29, 0.717) is 5.56 Å². The van der Waals surface area contributed by atoms with Crippen molar-refractivity contribution in [2.75, 3.05) is 0 Å². The summed E-state index contributed by atoms with van der Waals surface area (Å²) in [4.78, 5) is 34.0. The maximum absolute atomic E-state index is 12.7. The van der Waals surface area contributed by atoms with Crippen molar-refractivity contribution < 1.29 is 23.1 Å². The lowest BCUT2D eigenvalue weighted by atomic mass is 10.1. The summed E-state index contributed by atoms with van der Waals surface area (Å²) in [6, 6.07) is 4.60. The van der Waals surface area contributed by atoms with E-state index >= 15 is 0 Å². The van der Waals surface area contributed by atoms with Gasteiger partial charge in [0, 0.05) is 6.20 Å². The first kappa shape index (κ1) is 18.4. The van der Waals surface area contributed by atoms with Gasteiger partial charge in [0.2, 0.25) is 5.95 Å². The van der Waals surface area contributed by atoms with E-state index in [1.54, 1.807) is 0 Å². The quantitative estimate of drug-likeness (QED) is 0.538. The molecule has 3 aromatic heterocycles. The Kier molecular flexibility index (Phi) is 4.18. The average Bonchev–Trinajstić information content (AvgIpc) is 3.29. The van der Waals surface area contributed by atoms with Gasteiger partial charge < -0.3 is 9.67 Å². The normalized spacial score (nSPS) is 11.8. The molecule has 0 radical (unpaired) electrons. The molecule has 0 atom stereocenters. The second-order valence-corrected chi connectivity index (χ2v) is 6.11. The SMILES string of the molecule is O=C(O)c1cnn(-c2nc3c(ncn3Cc3ccc(C(F)(F)F)cc3)c(=O)[nH]2)c1. The van der Waals surface area contributed by atoms with Gasteiger partial charge in [-0.25, -0.2) is 14.5 Å². The van der Waals surface area contributed by atoms with Crippen molar-refractivity contribution in [1.82, 2.24) is 29.3 Å². The molecule has 0 fully saturated rings. The minimum absolute atomic E-state index is 0.0239. The molecule has 4 aromatic rings. The fraction of sp³-hybridized carbons (Fsp3) is 0.118. The maximum atomic E-state index is 12.7. The molecule has 12 heteroatoms. The van der Waals surface area contributed by atoms with E-state index in [1.165, 1.54) is 29.2 Å². The molecule has 1 aromatic carbocycles. The Morgan fingerprint density at radius 3 is 2.55 bits per heavy atom. The zero-order valence-electron chi connectivity index (χ0n) is 14.4. The highest BCUT2D eigenvalue weighted by Crippen LogP contribution is 2.29. The van der Waals surface area contributed by atoms with Gasteiger partial charge in [0.25, 0.3) is 5.56 Å². The monoisotopic (exact) mass is 404 g/mol. The molecular formula is C17H11F3N6O3. The summed E-state index contributed by atoms with van der Waals surface area (Å²) in [7, 11) is 0. The van der Waals surface area contributed by atoms with Gasteiger partial charge in [-0.05, 0) is 17.7 Å². The third-order valence-electron chi connectivity index (χ3n) is 4.14. The number of carboxylic acids is 1. The number of rotatable bonds is 4. The lowest BCUT2D eigenvalue weighted by Gasteiger charge is -2.08. The molecule has 0 amide bonds. The molecule has 9 nitrogen and oxygen atoms in total. The van der Waals surface area contributed by atoms with E-state index in [9.17, 15) is 22.8 Å². The van der Waals surface area contributed by atoms with E-state index in [0.717, 1.165) is 23.0 Å². The van der Waals surface area contributed by atoms with Crippen LogP contribution < -0.4 is 5.56 Å². The van der Waals surface area contributed by atoms with Gasteiger partial charge in [0.05, 0.1) is 30.2 Å². The van der Waals surface area contributed by atoms with Crippen molar-refractivity contribution in [2.45, 2.75) is 12.7 Å². The summed E-state index contributed by atoms with van der Waals surface area (Å²) in [5.74, 6) is -1.21. The molecule has 4 rings (SSSR count). The van der Waals surface area contributed by atoms with Crippen molar-refractivity contribution in [3.8, 4) is 5.95 Å². The topological polar surface area (TPSA) is 119 Å². The fourth-order valence-corrected chi connectivity index (χ4v) is 2.71. The summed E-state index contributed by atoms with van der Waals surface area (Å²) >= 11 is 0. The summed E-state index contributed by atoms with van der Waals surface area (Å²) in [6.07, 6.45) is -0.794. The summed E-state index contributed by atoms with van der Waals surface area (Å²) < 4.78 is 40.7. The molecule has 0 aliphatic heterocycles. The van der Waals surface area contributed by atoms with Gasteiger partial charge in [-0.2, -0.15) is 23.3 Å². The van der Waals surface area contributed by atoms with E-state index in [2.05, 4.69) is 20.1 Å². The molecule has 0 aliphatic carbocycles. The number of benzene rings is 1. The van der Waals surface area contributed by atoms with Crippen LogP contribution in [0, 0.1) is 0 Å². The molecule has 0 bridgehead atoms. The van der Waals surface area contributed by atoms with Crippen molar-refractivity contribution in [2.24, 2.45) is 0 Å². The van der Waals surface area contributed by atoms with Gasteiger partial charge in [-0.15, -0.1) is 0 Å². The first-order valence-electron chi connectivity index (χ1n) is 8.12. The molecule has 0 aliphatic rings. The van der Waals surface area contributed by atoms with Crippen LogP contribution in [0.15, 0.2) is 47.8 Å². The number of carboxylic acid groups (broad SMARTS) is 1. The number of halogens is 3. The highest BCUT2D eigenvalue weighted by Gasteiger charge is 2.29. The van der Waals surface area contributed by atoms with Gasteiger partial charge in [-0.1, -0.05) is 12.1 Å². The predicted molar refractivity (Wildman–Crippen MR) is 92.8 cm³/mol. The predicted octanol–water partition coefficient (Wildman–Crippen LogP) is 2.07. The standard InChI is InChI=1S/C17H11F3N6O3/c18-17(19,20)11-3-1-9(2-4-11)6-25-8-21-12-13(25)23-16(24-14(12)27)26-7-10(5-22-26)15(28)29/h1-5,7-8H,6H2,(H,28,29)(H,23,24,27). The first-order chi connectivity index (χ1) is 13.7. The number of imidazole rings is 1. The Morgan fingerprint density at radius 2 is 1.93 bits per heavy atom. The Labute approximate surface area is 159 Å². The summed E-state index contributed by atoms with van der Waals surface area (Å²) in [5, 5.41) is 12.8. The Balaban J connectivity index is 1.71. The molecule has 0 saturated carbocycles. The highest BCUT2D eigenvalue weighted by molar-refractivity contribution is 5.86. The van der Waals surface area contributed by atoms with Crippen molar-refractivity contribution in [1.29, 1.82) is 0 Å². The van der Waals surface area contributed by atoms with E-state index in [1.807, 2.05) is 0 Å². The lowest BCUT2D eigenvalue weighted by Crippen LogP contribution is -2.15. The van der Waals surface area contributed by atoms with Crippen LogP contribution in [0.3, 0.4) is 0 Å². The van der Waals surface area contributed by atoms with E-state index in [4.69, 9.17) is 5.11 Å². The van der Waals surface area contributed by atoms with Crippen LogP contribution in [0.2, 0.25) is 0 Å². The lowest BCUT2D eigenvalue weighted by molar-refractivity contribution is -0.137. The largest absolute Gasteiger partial charge is 0.478 e. The maximum Gasteiger partial charge on any atom is 0.416 e. The third kappa shape index (κ3) is 3.47. The number of hydrogen-bond donors (Lipinski definition) is 2. The summed E-state index contributed by atoms with van der Waals surface area (Å²) in [6.45, 7) is 0.129. The van der Waals surface area contributed by atoms with Crippen molar-refractivity contribution in [3.63, 3.8) is 0 Å². The molecule has 3 heterocycles. The van der Waals surface area contributed by atoms with Crippen LogP contribution in [0.5, 0.6) is 0 Å². The second-order valence-electron chi connectivity index (χ2n) is 6.11. The molecular weight excluding hydrogens is 393 g/mol. The second kappa shape index (κ2) is 6.58. The van der Waals surface area contributed by atoms with Gasteiger partial charge >= 0.3 is 12.1 Å². The van der Waals surface area contributed by atoms with Crippen LogP contribution >= 0.6 is 0 Å². The number of fused-ring (bicyclic) bond motifs is 1. The number of hydrogen-bond acceptors (Lipinski definition) is 5. The van der Waals surface area contributed by atoms with Crippen LogP contribution in [0.4, 0.5) is 13.2 Å². The number of alkyl halides is 3. The first-order valence-corrected chi connectivity index (χ1v) is 8.12. The number of carbonyl (C=O) groups is 1. The molecule has 148 valence electrons. The average molecular weight is 404 g/mol. The van der Waals surface area contributed by atoms with Gasteiger partial charge in [0.15, 0.2) is 11.2 Å². The number of nitrogens with zero attached hydrogens (tertiary/aromatic N) is 5. The zero-order chi connectivity index (χ0) is 20.8. The highest BCUT2D eigenvalue weighted by atomic mass is 19.4. The molecule has 29 heavy (non-hydrogen) atoms. The number of aromatic carboxylic acids is 1. The molecule has 0 saturated heterocycles.